The fourth-order valence-corrected chi connectivity index (χ4v) is 4.40. The summed E-state index contributed by atoms with van der Waals surface area (Å²) in [6.07, 6.45) is 6.25. The Kier molecular flexibility index (Phi) is 4.28. The minimum absolute atomic E-state index is 0.0362. The molecule has 28 heavy (non-hydrogen) atoms. The first-order valence-electron chi connectivity index (χ1n) is 9.68. The van der Waals surface area contributed by atoms with E-state index in [1.807, 2.05) is 53.6 Å². The van der Waals surface area contributed by atoms with Gasteiger partial charge in [0.15, 0.2) is 6.61 Å². The van der Waals surface area contributed by atoms with E-state index in [9.17, 15) is 4.79 Å². The first kappa shape index (κ1) is 16.9. The standard InChI is InChI=1S/C23H21N3O2/c27-23(26-18-8-11-22(26)20-13-24-15-25-21(20)12-18)14-28-19-9-6-17(7-10-19)16-4-2-1-3-5-16/h1-7,9-10,13,15,18,22H,8,11-12,14H2. The number of hydrogen-bond acceptors (Lipinski definition) is 4. The number of hydrogen-bond donors (Lipinski definition) is 0. The van der Waals surface area contributed by atoms with E-state index in [1.165, 1.54) is 0 Å². The molecule has 140 valence electrons. The van der Waals surface area contributed by atoms with Crippen LogP contribution < -0.4 is 4.74 Å². The fraction of sp³-hybridized carbons (Fsp3) is 0.261. The molecular weight excluding hydrogens is 350 g/mol. The number of carbonyl (C=O) groups is 1. The van der Waals surface area contributed by atoms with Crippen molar-refractivity contribution in [3.63, 3.8) is 0 Å². The highest BCUT2D eigenvalue weighted by Crippen LogP contribution is 2.42. The Morgan fingerprint density at radius 3 is 2.64 bits per heavy atom. The Morgan fingerprint density at radius 1 is 1.04 bits per heavy atom. The Balaban J connectivity index is 1.26. The normalized spacial score (nSPS) is 19.9. The van der Waals surface area contributed by atoms with Gasteiger partial charge in [0.1, 0.15) is 12.1 Å². The third kappa shape index (κ3) is 3.03. The molecule has 2 aliphatic rings. The molecule has 2 aliphatic heterocycles. The summed E-state index contributed by atoms with van der Waals surface area (Å²) >= 11 is 0. The van der Waals surface area contributed by atoms with Gasteiger partial charge in [-0.2, -0.15) is 0 Å². The van der Waals surface area contributed by atoms with Crippen LogP contribution in [0.15, 0.2) is 67.1 Å². The number of amides is 1. The maximum absolute atomic E-state index is 12.9. The molecule has 3 aromatic rings. The number of ether oxygens (including phenoxy) is 1. The number of rotatable bonds is 4. The summed E-state index contributed by atoms with van der Waals surface area (Å²) in [5.41, 5.74) is 4.47. The van der Waals surface area contributed by atoms with E-state index in [-0.39, 0.29) is 24.6 Å². The van der Waals surface area contributed by atoms with Crippen molar-refractivity contribution in [1.29, 1.82) is 0 Å². The lowest BCUT2D eigenvalue weighted by Gasteiger charge is -2.35. The molecule has 2 atom stereocenters. The van der Waals surface area contributed by atoms with Crippen molar-refractivity contribution in [3.05, 3.63) is 78.4 Å². The van der Waals surface area contributed by atoms with Gasteiger partial charge in [-0.1, -0.05) is 42.5 Å². The van der Waals surface area contributed by atoms with Crippen LogP contribution in [0.2, 0.25) is 0 Å². The molecule has 1 fully saturated rings. The summed E-state index contributed by atoms with van der Waals surface area (Å²) in [6, 6.07) is 18.4. The van der Waals surface area contributed by atoms with Crippen LogP contribution in [-0.4, -0.2) is 33.4 Å². The molecule has 5 nitrogen and oxygen atoms in total. The number of nitrogens with zero attached hydrogens (tertiary/aromatic N) is 3. The number of aromatic nitrogens is 2. The highest BCUT2D eigenvalue weighted by Gasteiger charge is 2.43. The zero-order valence-electron chi connectivity index (χ0n) is 15.5. The first-order chi connectivity index (χ1) is 13.8. The van der Waals surface area contributed by atoms with Gasteiger partial charge < -0.3 is 9.64 Å². The molecule has 1 amide bonds. The quantitative estimate of drug-likeness (QED) is 0.700. The zero-order chi connectivity index (χ0) is 18.9. The summed E-state index contributed by atoms with van der Waals surface area (Å²) < 4.78 is 5.80. The molecule has 0 saturated carbocycles. The lowest BCUT2D eigenvalue weighted by Crippen LogP contribution is -2.44. The largest absolute Gasteiger partial charge is 0.484 e. The first-order valence-corrected chi connectivity index (χ1v) is 9.68. The molecule has 3 heterocycles. The average Bonchev–Trinajstić information content (AvgIpc) is 3.08. The smallest absolute Gasteiger partial charge is 0.261 e. The molecule has 0 aliphatic carbocycles. The van der Waals surface area contributed by atoms with Gasteiger partial charge in [0.05, 0.1) is 11.7 Å². The highest BCUT2D eigenvalue weighted by atomic mass is 16.5. The van der Waals surface area contributed by atoms with Gasteiger partial charge in [-0.3, -0.25) is 4.79 Å². The lowest BCUT2D eigenvalue weighted by atomic mass is 9.99. The molecular formula is C23H21N3O2. The van der Waals surface area contributed by atoms with Crippen LogP contribution in [0.25, 0.3) is 11.1 Å². The third-order valence-corrected chi connectivity index (χ3v) is 5.73. The van der Waals surface area contributed by atoms with E-state index in [0.717, 1.165) is 41.6 Å². The summed E-state index contributed by atoms with van der Waals surface area (Å²) in [4.78, 5) is 23.4. The van der Waals surface area contributed by atoms with Gasteiger partial charge in [-0.25, -0.2) is 9.97 Å². The number of benzene rings is 2. The minimum atomic E-state index is 0.0362. The van der Waals surface area contributed by atoms with Crippen LogP contribution in [0.3, 0.4) is 0 Å². The molecule has 0 N–H and O–H groups in total. The van der Waals surface area contributed by atoms with E-state index >= 15 is 0 Å². The predicted molar refractivity (Wildman–Crippen MR) is 106 cm³/mol. The van der Waals surface area contributed by atoms with E-state index < -0.39 is 0 Å². The van der Waals surface area contributed by atoms with Crippen LogP contribution in [0, 0.1) is 0 Å². The number of fused-ring (bicyclic) bond motifs is 4. The van der Waals surface area contributed by atoms with Gasteiger partial charge in [-0.15, -0.1) is 0 Å². The van der Waals surface area contributed by atoms with Crippen molar-refractivity contribution in [3.8, 4) is 16.9 Å². The summed E-state index contributed by atoms with van der Waals surface area (Å²) in [6.45, 7) is 0.0563. The zero-order valence-corrected chi connectivity index (χ0v) is 15.5. The lowest BCUT2D eigenvalue weighted by molar-refractivity contribution is -0.137. The third-order valence-electron chi connectivity index (χ3n) is 5.73. The second-order valence-corrected chi connectivity index (χ2v) is 7.36. The second-order valence-electron chi connectivity index (χ2n) is 7.36. The van der Waals surface area contributed by atoms with E-state index in [1.54, 1.807) is 6.33 Å². The van der Waals surface area contributed by atoms with Crippen molar-refractivity contribution >= 4 is 5.91 Å². The molecule has 2 aromatic carbocycles. The molecule has 0 radical (unpaired) electrons. The van der Waals surface area contributed by atoms with Gasteiger partial charge in [-0.05, 0) is 36.1 Å². The van der Waals surface area contributed by atoms with Gasteiger partial charge in [0.25, 0.3) is 5.91 Å². The van der Waals surface area contributed by atoms with Crippen molar-refractivity contribution in [2.24, 2.45) is 0 Å². The van der Waals surface area contributed by atoms with Crippen LogP contribution in [0.4, 0.5) is 0 Å². The van der Waals surface area contributed by atoms with Crippen molar-refractivity contribution in [2.45, 2.75) is 31.3 Å². The van der Waals surface area contributed by atoms with E-state index in [2.05, 4.69) is 22.1 Å². The molecule has 1 aromatic heterocycles. The van der Waals surface area contributed by atoms with Crippen molar-refractivity contribution < 1.29 is 9.53 Å². The summed E-state index contributed by atoms with van der Waals surface area (Å²) in [5, 5.41) is 0. The Hall–Kier alpha value is -3.21. The summed E-state index contributed by atoms with van der Waals surface area (Å²) in [5.74, 6) is 0.746. The second kappa shape index (κ2) is 7.08. The SMILES string of the molecule is O=C(COc1ccc(-c2ccccc2)cc1)N1C2CCC1c1cncnc1C2. The molecule has 2 unspecified atom stereocenters. The highest BCUT2D eigenvalue weighted by molar-refractivity contribution is 5.79. The molecule has 1 saturated heterocycles. The number of carbonyl (C=O) groups excluding carboxylic acids is 1. The minimum Gasteiger partial charge on any atom is -0.484 e. The Morgan fingerprint density at radius 2 is 1.82 bits per heavy atom. The fourth-order valence-electron chi connectivity index (χ4n) is 4.40. The van der Waals surface area contributed by atoms with Crippen LogP contribution in [0.5, 0.6) is 5.75 Å². The van der Waals surface area contributed by atoms with Gasteiger partial charge in [0, 0.05) is 24.2 Å². The van der Waals surface area contributed by atoms with Crippen LogP contribution in [0.1, 0.15) is 30.1 Å². The summed E-state index contributed by atoms with van der Waals surface area (Å²) in [7, 11) is 0. The van der Waals surface area contributed by atoms with Gasteiger partial charge >= 0.3 is 0 Å². The average molecular weight is 371 g/mol. The molecule has 2 bridgehead atoms. The monoisotopic (exact) mass is 371 g/mol. The molecule has 0 spiro atoms. The Labute approximate surface area is 164 Å². The predicted octanol–water partition coefficient (Wildman–Crippen LogP) is 3.81. The van der Waals surface area contributed by atoms with Crippen LogP contribution in [-0.2, 0) is 11.2 Å². The molecule has 5 heteroatoms. The van der Waals surface area contributed by atoms with Crippen molar-refractivity contribution in [2.75, 3.05) is 6.61 Å². The maximum Gasteiger partial charge on any atom is 0.261 e. The van der Waals surface area contributed by atoms with Crippen molar-refractivity contribution in [1.82, 2.24) is 14.9 Å². The topological polar surface area (TPSA) is 55.3 Å². The van der Waals surface area contributed by atoms with Gasteiger partial charge in [0.2, 0.25) is 0 Å². The van der Waals surface area contributed by atoms with E-state index in [4.69, 9.17) is 4.74 Å². The van der Waals surface area contributed by atoms with E-state index in [0.29, 0.717) is 5.75 Å². The Bertz CT molecular complexity index is 988. The molecule has 5 rings (SSSR count). The maximum atomic E-state index is 12.9. The van der Waals surface area contributed by atoms with Crippen LogP contribution >= 0.6 is 0 Å².